The number of H-pyrrole nitrogens is 1. The van der Waals surface area contributed by atoms with E-state index < -0.39 is 17.7 Å². The number of carbonyl (C=O) groups excluding carboxylic acids is 3. The van der Waals surface area contributed by atoms with Gasteiger partial charge in [-0.15, -0.1) is 6.58 Å². The second kappa shape index (κ2) is 9.59. The van der Waals surface area contributed by atoms with Crippen molar-refractivity contribution in [3.8, 4) is 22.6 Å². The van der Waals surface area contributed by atoms with Crippen LogP contribution in [0.25, 0.3) is 11.1 Å². The van der Waals surface area contributed by atoms with Crippen molar-refractivity contribution in [1.29, 1.82) is 0 Å². The number of aromatic nitrogens is 1. The van der Waals surface area contributed by atoms with Gasteiger partial charge in [-0.05, 0) is 32.0 Å². The number of carbonyl (C=O) groups is 3. The van der Waals surface area contributed by atoms with Gasteiger partial charge in [0.15, 0.2) is 0 Å². The average molecular weight is 400 g/mol. The first-order valence-electron chi connectivity index (χ1n) is 8.95. The van der Waals surface area contributed by atoms with Gasteiger partial charge in [0, 0.05) is 23.4 Å². The molecule has 0 bridgehead atoms. The molecule has 1 heterocycles. The Balaban J connectivity index is 2.76. The van der Waals surface area contributed by atoms with Crippen LogP contribution in [-0.2, 0) is 9.53 Å². The number of rotatable bonds is 9. The number of nitrogens with one attached hydrogen (secondary N) is 2. The Morgan fingerprint density at radius 1 is 1.21 bits per heavy atom. The third-order valence-electron chi connectivity index (χ3n) is 4.18. The van der Waals surface area contributed by atoms with Crippen LogP contribution in [0, 0.1) is 6.92 Å². The molecule has 0 aliphatic carbocycles. The van der Waals surface area contributed by atoms with E-state index in [9.17, 15) is 14.4 Å². The predicted octanol–water partition coefficient (Wildman–Crippen LogP) is 2.67. The first-order valence-corrected chi connectivity index (χ1v) is 8.95. The van der Waals surface area contributed by atoms with Crippen LogP contribution >= 0.6 is 0 Å². The Bertz CT molecular complexity index is 945. The summed E-state index contributed by atoms with van der Waals surface area (Å²) in [6.45, 7) is 7.10. The lowest BCUT2D eigenvalue weighted by molar-refractivity contribution is -0.116. The maximum Gasteiger partial charge on any atom is 0.340 e. The lowest BCUT2D eigenvalue weighted by atomic mass is 9.97. The number of esters is 1. The summed E-state index contributed by atoms with van der Waals surface area (Å²) in [5, 5.41) is 2.44. The second-order valence-corrected chi connectivity index (χ2v) is 5.99. The van der Waals surface area contributed by atoms with Gasteiger partial charge in [-0.2, -0.15) is 0 Å². The summed E-state index contributed by atoms with van der Waals surface area (Å²) in [5.41, 5.74) is 1.13. The van der Waals surface area contributed by atoms with Gasteiger partial charge in [0.1, 0.15) is 17.2 Å². The van der Waals surface area contributed by atoms with Crippen LogP contribution in [0.15, 0.2) is 30.9 Å². The molecule has 2 aromatic rings. The van der Waals surface area contributed by atoms with Gasteiger partial charge in [-0.3, -0.25) is 9.59 Å². The SMILES string of the molecule is C=CCNC(=O)C(=O)c1[nH]c(C)c(C(=O)OCC)c1-c1cc(OC)ccc1OC. The minimum Gasteiger partial charge on any atom is -0.497 e. The highest BCUT2D eigenvalue weighted by atomic mass is 16.5. The van der Waals surface area contributed by atoms with Crippen LogP contribution in [0.2, 0.25) is 0 Å². The molecule has 0 fully saturated rings. The lowest BCUT2D eigenvalue weighted by Gasteiger charge is -2.13. The number of aromatic amines is 1. The highest BCUT2D eigenvalue weighted by Crippen LogP contribution is 2.39. The molecule has 2 rings (SSSR count). The standard InChI is InChI=1S/C21H24N2O6/c1-6-10-22-20(25)19(24)18-17(16(12(3)23-18)21(26)29-7-2)14-11-13(27-4)8-9-15(14)28-5/h6,8-9,11,23H,1,7,10H2,2-5H3,(H,22,25). The van der Waals surface area contributed by atoms with E-state index in [4.69, 9.17) is 14.2 Å². The molecule has 8 heteroatoms. The monoisotopic (exact) mass is 400 g/mol. The summed E-state index contributed by atoms with van der Waals surface area (Å²) in [6.07, 6.45) is 1.46. The Kier molecular flexibility index (Phi) is 7.19. The number of Topliss-reactive ketones (excluding diaryl/α,β-unsaturated/α-hetero) is 1. The van der Waals surface area contributed by atoms with Crippen molar-refractivity contribution in [3.05, 3.63) is 47.8 Å². The van der Waals surface area contributed by atoms with Crippen LogP contribution in [0.4, 0.5) is 0 Å². The van der Waals surface area contributed by atoms with Crippen molar-refractivity contribution in [2.45, 2.75) is 13.8 Å². The van der Waals surface area contributed by atoms with Crippen LogP contribution < -0.4 is 14.8 Å². The summed E-state index contributed by atoms with van der Waals surface area (Å²) in [7, 11) is 2.96. The maximum atomic E-state index is 12.8. The third kappa shape index (κ3) is 4.48. The van der Waals surface area contributed by atoms with E-state index in [1.807, 2.05) is 0 Å². The smallest absolute Gasteiger partial charge is 0.340 e. The number of ether oxygens (including phenoxy) is 3. The second-order valence-electron chi connectivity index (χ2n) is 5.99. The normalized spacial score (nSPS) is 10.2. The van der Waals surface area contributed by atoms with Crippen molar-refractivity contribution >= 4 is 17.7 Å². The van der Waals surface area contributed by atoms with Gasteiger partial charge < -0.3 is 24.5 Å². The Hall–Kier alpha value is -3.55. The van der Waals surface area contributed by atoms with E-state index in [0.717, 1.165) is 0 Å². The summed E-state index contributed by atoms with van der Waals surface area (Å²) < 4.78 is 15.9. The first-order chi connectivity index (χ1) is 13.9. The zero-order valence-corrected chi connectivity index (χ0v) is 16.9. The van der Waals surface area contributed by atoms with Gasteiger partial charge in [-0.25, -0.2) is 4.79 Å². The molecule has 0 atom stereocenters. The van der Waals surface area contributed by atoms with Crippen LogP contribution in [0.5, 0.6) is 11.5 Å². The molecule has 0 saturated heterocycles. The molecule has 154 valence electrons. The number of benzene rings is 1. The third-order valence-corrected chi connectivity index (χ3v) is 4.18. The van der Waals surface area contributed by atoms with Crippen LogP contribution in [0.3, 0.4) is 0 Å². The minimum absolute atomic E-state index is 0.0429. The van der Waals surface area contributed by atoms with Gasteiger partial charge in [0.05, 0.1) is 26.4 Å². The van der Waals surface area contributed by atoms with E-state index in [1.165, 1.54) is 20.3 Å². The summed E-state index contributed by atoms with van der Waals surface area (Å²) in [4.78, 5) is 40.6. The zero-order valence-electron chi connectivity index (χ0n) is 16.9. The molecule has 29 heavy (non-hydrogen) atoms. The van der Waals surface area contributed by atoms with Crippen molar-refractivity contribution < 1.29 is 28.6 Å². The van der Waals surface area contributed by atoms with Gasteiger partial charge >= 0.3 is 5.97 Å². The first kappa shape index (κ1) is 21.7. The molecule has 0 aliphatic rings. The van der Waals surface area contributed by atoms with E-state index in [1.54, 1.807) is 32.0 Å². The van der Waals surface area contributed by atoms with Crippen molar-refractivity contribution in [3.63, 3.8) is 0 Å². The van der Waals surface area contributed by atoms with Crippen LogP contribution in [0.1, 0.15) is 33.5 Å². The summed E-state index contributed by atoms with van der Waals surface area (Å²) in [6, 6.07) is 4.96. The number of amides is 1. The number of aryl methyl sites for hydroxylation is 1. The van der Waals surface area contributed by atoms with Crippen molar-refractivity contribution in [1.82, 2.24) is 10.3 Å². The van der Waals surface area contributed by atoms with E-state index in [0.29, 0.717) is 22.8 Å². The molecule has 1 aromatic heterocycles. The molecule has 1 amide bonds. The quantitative estimate of drug-likeness (QED) is 0.290. The molecule has 2 N–H and O–H groups in total. The van der Waals surface area contributed by atoms with E-state index in [2.05, 4.69) is 16.9 Å². The zero-order chi connectivity index (χ0) is 21.6. The van der Waals surface area contributed by atoms with Crippen molar-refractivity contribution in [2.75, 3.05) is 27.4 Å². The summed E-state index contributed by atoms with van der Waals surface area (Å²) in [5.74, 6) is -1.39. The molecule has 0 spiro atoms. The molecule has 0 saturated carbocycles. The highest BCUT2D eigenvalue weighted by Gasteiger charge is 2.31. The Morgan fingerprint density at radius 3 is 2.52 bits per heavy atom. The predicted molar refractivity (Wildman–Crippen MR) is 108 cm³/mol. The highest BCUT2D eigenvalue weighted by molar-refractivity contribution is 6.44. The number of ketones is 1. The molecule has 0 radical (unpaired) electrons. The van der Waals surface area contributed by atoms with Crippen LogP contribution in [-0.4, -0.2) is 50.0 Å². The number of hydrogen-bond donors (Lipinski definition) is 2. The average Bonchev–Trinajstić information content (AvgIpc) is 3.07. The fourth-order valence-electron chi connectivity index (χ4n) is 2.89. The molecule has 1 aromatic carbocycles. The van der Waals surface area contributed by atoms with E-state index >= 15 is 0 Å². The molecule has 8 nitrogen and oxygen atoms in total. The number of hydrogen-bond acceptors (Lipinski definition) is 6. The van der Waals surface area contributed by atoms with Gasteiger partial charge in [0.25, 0.3) is 11.7 Å². The van der Waals surface area contributed by atoms with Crippen molar-refractivity contribution in [2.24, 2.45) is 0 Å². The topological polar surface area (TPSA) is 107 Å². The molecule has 0 aliphatic heterocycles. The Morgan fingerprint density at radius 2 is 1.93 bits per heavy atom. The molecular weight excluding hydrogens is 376 g/mol. The Labute approximate surface area is 168 Å². The fraction of sp³-hybridized carbons (Fsp3) is 0.286. The lowest BCUT2D eigenvalue weighted by Crippen LogP contribution is -2.31. The summed E-state index contributed by atoms with van der Waals surface area (Å²) >= 11 is 0. The maximum absolute atomic E-state index is 12.8. The van der Waals surface area contributed by atoms with Gasteiger partial charge in [-0.1, -0.05) is 6.08 Å². The van der Waals surface area contributed by atoms with Gasteiger partial charge in [0.2, 0.25) is 0 Å². The fourth-order valence-corrected chi connectivity index (χ4v) is 2.89. The molecule has 0 unspecified atom stereocenters. The molecular formula is C21H24N2O6. The largest absolute Gasteiger partial charge is 0.497 e. The minimum atomic E-state index is -0.829. The number of methoxy groups -OCH3 is 2. The van der Waals surface area contributed by atoms with E-state index in [-0.39, 0.29) is 30.0 Å².